The van der Waals surface area contributed by atoms with Crippen molar-refractivity contribution < 1.29 is 0 Å². The number of fused-ring (bicyclic) bond motifs is 1. The Labute approximate surface area is 76.1 Å². The Morgan fingerprint density at radius 1 is 1.45 bits per heavy atom. The molecule has 0 bridgehead atoms. The van der Waals surface area contributed by atoms with E-state index in [-0.39, 0.29) is 0 Å². The van der Waals surface area contributed by atoms with Crippen molar-refractivity contribution in [3.05, 3.63) is 28.1 Å². The molecule has 5 heteroatoms. The summed E-state index contributed by atoms with van der Waals surface area (Å²) >= 11 is 9.02. The number of halogens is 2. The third-order valence-electron chi connectivity index (χ3n) is 1.33. The second-order valence-electron chi connectivity index (χ2n) is 2.04. The van der Waals surface area contributed by atoms with E-state index in [0.717, 1.165) is 10.1 Å². The largest absolute Gasteiger partial charge is 0.273 e. The zero-order valence-corrected chi connectivity index (χ0v) is 7.67. The van der Waals surface area contributed by atoms with Crippen molar-refractivity contribution in [2.75, 3.05) is 0 Å². The molecule has 0 N–H and O–H groups in total. The van der Waals surface area contributed by atoms with Crippen LogP contribution in [0.1, 0.15) is 0 Å². The van der Waals surface area contributed by atoms with Crippen LogP contribution in [0.2, 0.25) is 5.28 Å². The van der Waals surface area contributed by atoms with Crippen molar-refractivity contribution in [3.63, 3.8) is 0 Å². The highest BCUT2D eigenvalue weighted by molar-refractivity contribution is 9.10. The highest BCUT2D eigenvalue weighted by Gasteiger charge is 2.00. The Kier molecular flexibility index (Phi) is 1.58. The van der Waals surface area contributed by atoms with Crippen molar-refractivity contribution in [1.82, 2.24) is 14.6 Å². The Hall–Kier alpha value is -0.610. The Bertz CT molecular complexity index is 398. The number of hydrogen-bond acceptors (Lipinski definition) is 2. The van der Waals surface area contributed by atoms with Crippen molar-refractivity contribution in [2.24, 2.45) is 0 Å². The second-order valence-corrected chi connectivity index (χ2v) is 3.30. The van der Waals surface area contributed by atoms with Gasteiger partial charge in [-0.15, -0.1) is 10.2 Å². The lowest BCUT2D eigenvalue weighted by Crippen LogP contribution is -1.82. The molecule has 0 spiro atoms. The molecule has 0 aromatic carbocycles. The Balaban J connectivity index is 2.86. The van der Waals surface area contributed by atoms with Gasteiger partial charge in [0, 0.05) is 10.7 Å². The lowest BCUT2D eigenvalue weighted by molar-refractivity contribution is 1.10. The summed E-state index contributed by atoms with van der Waals surface area (Å²) in [5.41, 5.74) is 0.740. The van der Waals surface area contributed by atoms with Crippen LogP contribution < -0.4 is 0 Å². The lowest BCUT2D eigenvalue weighted by atomic mass is 10.5. The van der Waals surface area contributed by atoms with E-state index < -0.39 is 0 Å². The molecule has 0 radical (unpaired) electrons. The lowest BCUT2D eigenvalue weighted by Gasteiger charge is -1.91. The molecule has 0 fully saturated rings. The van der Waals surface area contributed by atoms with Gasteiger partial charge in [0.1, 0.15) is 0 Å². The maximum absolute atomic E-state index is 5.70. The fraction of sp³-hybridized carbons (Fsp3) is 0. The van der Waals surface area contributed by atoms with Crippen LogP contribution in [0.15, 0.2) is 22.8 Å². The van der Waals surface area contributed by atoms with Crippen LogP contribution in [0.3, 0.4) is 0 Å². The van der Waals surface area contributed by atoms with Crippen LogP contribution in [0.25, 0.3) is 5.65 Å². The molecule has 0 unspecified atom stereocenters. The average molecular weight is 232 g/mol. The van der Waals surface area contributed by atoms with Gasteiger partial charge in [-0.1, -0.05) is 15.9 Å². The van der Waals surface area contributed by atoms with Gasteiger partial charge in [0.05, 0.1) is 0 Å². The number of pyridine rings is 1. The first-order valence-electron chi connectivity index (χ1n) is 2.93. The van der Waals surface area contributed by atoms with Crippen LogP contribution in [0, 0.1) is 0 Å². The first-order valence-corrected chi connectivity index (χ1v) is 4.10. The minimum Gasteiger partial charge on any atom is -0.273 e. The van der Waals surface area contributed by atoms with Crippen molar-refractivity contribution in [3.8, 4) is 0 Å². The van der Waals surface area contributed by atoms with Crippen LogP contribution >= 0.6 is 27.5 Å². The van der Waals surface area contributed by atoms with E-state index in [2.05, 4.69) is 26.1 Å². The van der Waals surface area contributed by atoms with Crippen LogP contribution in [0.5, 0.6) is 0 Å². The molecule has 0 aliphatic rings. The zero-order chi connectivity index (χ0) is 7.84. The fourth-order valence-corrected chi connectivity index (χ4v) is 1.34. The van der Waals surface area contributed by atoms with Gasteiger partial charge in [-0.25, -0.2) is 0 Å². The molecule has 0 atom stereocenters. The predicted octanol–water partition coefficient (Wildman–Crippen LogP) is 2.15. The zero-order valence-electron chi connectivity index (χ0n) is 5.33. The van der Waals surface area contributed by atoms with E-state index >= 15 is 0 Å². The first-order chi connectivity index (χ1) is 5.27. The number of aromatic nitrogens is 3. The summed E-state index contributed by atoms with van der Waals surface area (Å²) in [4.78, 5) is 0. The van der Waals surface area contributed by atoms with E-state index in [0.29, 0.717) is 5.28 Å². The quantitative estimate of drug-likeness (QED) is 0.697. The van der Waals surface area contributed by atoms with Gasteiger partial charge in [-0.3, -0.25) is 4.40 Å². The number of nitrogens with zero attached hydrogens (tertiary/aromatic N) is 3. The third kappa shape index (κ3) is 1.12. The maximum atomic E-state index is 5.70. The van der Waals surface area contributed by atoms with Gasteiger partial charge >= 0.3 is 0 Å². The normalized spacial score (nSPS) is 10.7. The highest BCUT2D eigenvalue weighted by atomic mass is 79.9. The van der Waals surface area contributed by atoms with Crippen molar-refractivity contribution in [2.45, 2.75) is 0 Å². The van der Waals surface area contributed by atoms with E-state index in [1.165, 1.54) is 0 Å². The number of rotatable bonds is 0. The van der Waals surface area contributed by atoms with Gasteiger partial charge in [-0.05, 0) is 23.7 Å². The summed E-state index contributed by atoms with van der Waals surface area (Å²) in [6.45, 7) is 0. The van der Waals surface area contributed by atoms with E-state index in [1.807, 2.05) is 18.3 Å². The minimum absolute atomic E-state index is 0.382. The fourth-order valence-electron chi connectivity index (χ4n) is 0.837. The van der Waals surface area contributed by atoms with E-state index in [4.69, 9.17) is 11.6 Å². The molecule has 0 aliphatic carbocycles. The van der Waals surface area contributed by atoms with Gasteiger partial charge in [0.15, 0.2) is 5.65 Å². The SMILES string of the molecule is Clc1nnc2cc(Br)ccn12. The molecule has 56 valence electrons. The predicted molar refractivity (Wildman–Crippen MR) is 45.7 cm³/mol. The molecular formula is C6H3BrClN3. The molecule has 2 aromatic heterocycles. The average Bonchev–Trinajstić information content (AvgIpc) is 2.32. The Morgan fingerprint density at radius 3 is 3.09 bits per heavy atom. The topological polar surface area (TPSA) is 30.2 Å². The van der Waals surface area contributed by atoms with E-state index in [1.54, 1.807) is 4.40 Å². The summed E-state index contributed by atoms with van der Waals surface area (Å²) in [7, 11) is 0. The molecular weight excluding hydrogens is 229 g/mol. The van der Waals surface area contributed by atoms with Crippen LogP contribution in [-0.4, -0.2) is 14.6 Å². The molecule has 0 saturated carbocycles. The third-order valence-corrected chi connectivity index (χ3v) is 2.08. The summed E-state index contributed by atoms with van der Waals surface area (Å²) in [5, 5.41) is 7.91. The maximum Gasteiger partial charge on any atom is 0.229 e. The summed E-state index contributed by atoms with van der Waals surface area (Å²) in [6, 6.07) is 3.72. The molecule has 0 saturated heterocycles. The standard InChI is InChI=1S/C6H3BrClN3/c7-4-1-2-11-5(3-4)9-10-6(11)8/h1-3H. The molecule has 2 aromatic rings. The summed E-state index contributed by atoms with van der Waals surface area (Å²) in [5.74, 6) is 0. The molecule has 0 aliphatic heterocycles. The monoisotopic (exact) mass is 231 g/mol. The van der Waals surface area contributed by atoms with E-state index in [9.17, 15) is 0 Å². The van der Waals surface area contributed by atoms with Crippen LogP contribution in [0.4, 0.5) is 0 Å². The molecule has 0 amide bonds. The molecule has 3 nitrogen and oxygen atoms in total. The van der Waals surface area contributed by atoms with Gasteiger partial charge in [0.2, 0.25) is 5.28 Å². The Morgan fingerprint density at radius 2 is 2.27 bits per heavy atom. The smallest absolute Gasteiger partial charge is 0.229 e. The van der Waals surface area contributed by atoms with Gasteiger partial charge in [-0.2, -0.15) is 0 Å². The highest BCUT2D eigenvalue weighted by Crippen LogP contribution is 2.14. The van der Waals surface area contributed by atoms with Crippen molar-refractivity contribution >= 4 is 33.2 Å². The first kappa shape index (κ1) is 7.06. The van der Waals surface area contributed by atoms with Gasteiger partial charge in [0.25, 0.3) is 0 Å². The molecule has 11 heavy (non-hydrogen) atoms. The van der Waals surface area contributed by atoms with Crippen molar-refractivity contribution in [1.29, 1.82) is 0 Å². The number of hydrogen-bond donors (Lipinski definition) is 0. The molecule has 2 rings (SSSR count). The van der Waals surface area contributed by atoms with Crippen LogP contribution in [-0.2, 0) is 0 Å². The minimum atomic E-state index is 0.382. The molecule has 2 heterocycles. The summed E-state index contributed by atoms with van der Waals surface area (Å²) in [6.07, 6.45) is 1.81. The van der Waals surface area contributed by atoms with Gasteiger partial charge < -0.3 is 0 Å². The second kappa shape index (κ2) is 2.46. The summed E-state index contributed by atoms with van der Waals surface area (Å²) < 4.78 is 2.67.